The van der Waals surface area contributed by atoms with Crippen molar-refractivity contribution in [1.29, 1.82) is 5.26 Å². The molecule has 8 heteroatoms. The van der Waals surface area contributed by atoms with E-state index in [9.17, 15) is 8.42 Å². The van der Waals surface area contributed by atoms with E-state index in [0.717, 1.165) is 42.6 Å². The van der Waals surface area contributed by atoms with Crippen LogP contribution < -0.4 is 14.3 Å². The third-order valence-electron chi connectivity index (χ3n) is 6.79. The van der Waals surface area contributed by atoms with Crippen LogP contribution in [0.2, 0.25) is 0 Å². The Labute approximate surface area is 226 Å². The molecule has 3 aromatic carbocycles. The first kappa shape index (κ1) is 27.6. The van der Waals surface area contributed by atoms with Gasteiger partial charge >= 0.3 is 0 Å². The summed E-state index contributed by atoms with van der Waals surface area (Å²) in [6.07, 6.45) is 3.65. The van der Waals surface area contributed by atoms with Crippen molar-refractivity contribution in [2.75, 3.05) is 19.7 Å². The summed E-state index contributed by atoms with van der Waals surface area (Å²) in [6.45, 7) is 6.02. The zero-order valence-corrected chi connectivity index (χ0v) is 22.8. The van der Waals surface area contributed by atoms with Gasteiger partial charge in [-0.3, -0.25) is 0 Å². The van der Waals surface area contributed by atoms with Crippen LogP contribution in [0.25, 0.3) is 11.1 Å². The zero-order valence-electron chi connectivity index (χ0n) is 22.0. The molecule has 1 N–H and O–H groups in total. The summed E-state index contributed by atoms with van der Waals surface area (Å²) in [4.78, 5) is 2.96. The molecule has 38 heavy (non-hydrogen) atoms. The molecule has 0 aromatic heterocycles. The molecule has 4 rings (SSSR count). The molecule has 3 aromatic rings. The average molecular weight is 534 g/mol. The molecular formula is C30H35N3O4S. The van der Waals surface area contributed by atoms with Crippen molar-refractivity contribution in [1.82, 2.24) is 9.84 Å². The first-order chi connectivity index (χ1) is 18.4. The second kappa shape index (κ2) is 12.9. The van der Waals surface area contributed by atoms with Gasteiger partial charge in [0.25, 0.3) is 10.0 Å². The summed E-state index contributed by atoms with van der Waals surface area (Å²) < 4.78 is 37.8. The monoisotopic (exact) mass is 533 g/mol. The lowest BCUT2D eigenvalue weighted by atomic mass is 9.99. The van der Waals surface area contributed by atoms with E-state index in [1.165, 1.54) is 0 Å². The Morgan fingerprint density at radius 1 is 0.974 bits per heavy atom. The van der Waals surface area contributed by atoms with Gasteiger partial charge in [0.1, 0.15) is 17.6 Å². The maximum atomic E-state index is 12.9. The van der Waals surface area contributed by atoms with E-state index in [4.69, 9.17) is 14.7 Å². The van der Waals surface area contributed by atoms with Crippen LogP contribution in [0.15, 0.2) is 77.7 Å². The molecule has 0 bridgehead atoms. The lowest BCUT2D eigenvalue weighted by Crippen LogP contribution is -2.41. The molecule has 0 radical (unpaired) electrons. The molecule has 0 spiro atoms. The summed E-state index contributed by atoms with van der Waals surface area (Å²) >= 11 is 0. The van der Waals surface area contributed by atoms with E-state index in [1.807, 2.05) is 48.5 Å². The smallest absolute Gasteiger partial charge is 0.253 e. The van der Waals surface area contributed by atoms with Crippen LogP contribution in [0.1, 0.15) is 45.1 Å². The van der Waals surface area contributed by atoms with Gasteiger partial charge in [-0.25, -0.2) is 13.4 Å². The van der Waals surface area contributed by atoms with Crippen LogP contribution in [0.3, 0.4) is 0 Å². The number of unbranched alkanes of at least 4 members (excludes halogenated alkanes) is 1. The molecule has 200 valence electrons. The summed E-state index contributed by atoms with van der Waals surface area (Å²) in [7, 11) is -3.67. The average Bonchev–Trinajstić information content (AvgIpc) is 3.40. The van der Waals surface area contributed by atoms with Gasteiger partial charge in [-0.15, -0.1) is 4.83 Å². The van der Waals surface area contributed by atoms with Gasteiger partial charge in [-0.2, -0.15) is 5.26 Å². The first-order valence-corrected chi connectivity index (χ1v) is 14.7. The number of hydrogen-bond acceptors (Lipinski definition) is 6. The van der Waals surface area contributed by atoms with Crippen molar-refractivity contribution >= 4 is 10.0 Å². The van der Waals surface area contributed by atoms with Gasteiger partial charge in [0.05, 0.1) is 23.1 Å². The highest BCUT2D eigenvalue weighted by Gasteiger charge is 2.32. The molecule has 0 saturated carbocycles. The lowest BCUT2D eigenvalue weighted by molar-refractivity contribution is 0.128. The van der Waals surface area contributed by atoms with E-state index in [-0.39, 0.29) is 16.9 Å². The minimum atomic E-state index is -3.67. The fraction of sp³-hybridized carbons (Fsp3) is 0.367. The summed E-state index contributed by atoms with van der Waals surface area (Å²) in [5.41, 5.74) is 2.73. The standard InChI is InChI=1S/C30H35N3O4S/c1-3-5-20-36-27-14-16-29(17-15-27)38(34,35)32-33-19-18-26(22-33)30(4-2)37-28-12-10-25(11-13-28)24-8-6-23(21-31)7-9-24/h6-17,26,30,32H,3-5,18-20,22H2,1-2H3/t26-,30?/m1/s1. The van der Waals surface area contributed by atoms with E-state index >= 15 is 0 Å². The number of ether oxygens (including phenoxy) is 2. The maximum Gasteiger partial charge on any atom is 0.253 e. The van der Waals surface area contributed by atoms with Gasteiger partial charge in [-0.1, -0.05) is 44.5 Å². The molecule has 1 aliphatic rings. The van der Waals surface area contributed by atoms with E-state index in [1.54, 1.807) is 29.3 Å². The third-order valence-corrected chi connectivity index (χ3v) is 8.18. The minimum absolute atomic E-state index is 0.0233. The van der Waals surface area contributed by atoms with Gasteiger partial charge in [0.2, 0.25) is 0 Å². The number of nitrogens with zero attached hydrogens (tertiary/aromatic N) is 2. The van der Waals surface area contributed by atoms with Crippen molar-refractivity contribution in [3.8, 4) is 28.7 Å². The zero-order chi connectivity index (χ0) is 27.0. The number of sulfonamides is 1. The molecule has 1 unspecified atom stereocenters. The third kappa shape index (κ3) is 7.13. The van der Waals surface area contributed by atoms with Gasteiger partial charge < -0.3 is 9.47 Å². The van der Waals surface area contributed by atoms with Gasteiger partial charge in [-0.05, 0) is 78.9 Å². The minimum Gasteiger partial charge on any atom is -0.494 e. The van der Waals surface area contributed by atoms with Crippen LogP contribution in [-0.4, -0.2) is 39.2 Å². The number of hydrogen-bond donors (Lipinski definition) is 1. The number of benzene rings is 3. The van der Waals surface area contributed by atoms with Crippen molar-refractivity contribution in [2.24, 2.45) is 5.92 Å². The van der Waals surface area contributed by atoms with E-state index in [2.05, 4.69) is 24.7 Å². The van der Waals surface area contributed by atoms with Crippen LogP contribution in [0, 0.1) is 17.2 Å². The Morgan fingerprint density at radius 3 is 2.21 bits per heavy atom. The molecular weight excluding hydrogens is 498 g/mol. The number of nitrogens with one attached hydrogen (secondary N) is 1. The van der Waals surface area contributed by atoms with Gasteiger partial charge in [0.15, 0.2) is 0 Å². The summed E-state index contributed by atoms with van der Waals surface area (Å²) in [5.74, 6) is 1.66. The molecule has 1 fully saturated rings. The normalized spacial score (nSPS) is 16.6. The van der Waals surface area contributed by atoms with E-state index in [0.29, 0.717) is 31.0 Å². The fourth-order valence-electron chi connectivity index (χ4n) is 4.60. The highest BCUT2D eigenvalue weighted by Crippen LogP contribution is 2.28. The number of rotatable bonds is 12. The van der Waals surface area contributed by atoms with Crippen molar-refractivity contribution in [3.63, 3.8) is 0 Å². The molecule has 2 atom stereocenters. The highest BCUT2D eigenvalue weighted by atomic mass is 32.2. The van der Waals surface area contributed by atoms with Crippen LogP contribution >= 0.6 is 0 Å². The van der Waals surface area contributed by atoms with Crippen LogP contribution in [0.4, 0.5) is 0 Å². The molecule has 1 heterocycles. The largest absolute Gasteiger partial charge is 0.494 e. The second-order valence-corrected chi connectivity index (χ2v) is 11.2. The predicted molar refractivity (Wildman–Crippen MR) is 148 cm³/mol. The van der Waals surface area contributed by atoms with Crippen LogP contribution in [-0.2, 0) is 10.0 Å². The second-order valence-electron chi connectivity index (χ2n) is 9.54. The van der Waals surface area contributed by atoms with Gasteiger partial charge in [0, 0.05) is 19.0 Å². The first-order valence-electron chi connectivity index (χ1n) is 13.2. The fourth-order valence-corrected chi connectivity index (χ4v) is 5.70. The summed E-state index contributed by atoms with van der Waals surface area (Å²) in [6, 6.07) is 24.1. The maximum absolute atomic E-state index is 12.9. The van der Waals surface area contributed by atoms with Crippen molar-refractivity contribution in [3.05, 3.63) is 78.4 Å². The van der Waals surface area contributed by atoms with Crippen LogP contribution in [0.5, 0.6) is 11.5 Å². The molecule has 1 aliphatic heterocycles. The number of nitriles is 1. The van der Waals surface area contributed by atoms with Crippen molar-refractivity contribution in [2.45, 2.75) is 50.5 Å². The Hall–Kier alpha value is -3.38. The topological polar surface area (TPSA) is 91.7 Å². The summed E-state index contributed by atoms with van der Waals surface area (Å²) in [5, 5.41) is 10.8. The molecule has 0 amide bonds. The molecule has 1 saturated heterocycles. The Bertz CT molecular complexity index is 1320. The Balaban J connectivity index is 1.32. The number of hydrazine groups is 1. The van der Waals surface area contributed by atoms with E-state index < -0.39 is 10.0 Å². The SMILES string of the molecule is CCCCOc1ccc(S(=O)(=O)NN2CC[C@@H](C(CC)Oc3ccc(-c4ccc(C#N)cc4)cc3)C2)cc1. The Morgan fingerprint density at radius 2 is 1.61 bits per heavy atom. The quantitative estimate of drug-likeness (QED) is 0.297. The molecule has 0 aliphatic carbocycles. The lowest BCUT2D eigenvalue weighted by Gasteiger charge is -2.24. The van der Waals surface area contributed by atoms with Crippen molar-refractivity contribution < 1.29 is 17.9 Å². The Kier molecular flexibility index (Phi) is 9.40. The molecule has 7 nitrogen and oxygen atoms in total. The predicted octanol–water partition coefficient (Wildman–Crippen LogP) is 5.78. The highest BCUT2D eigenvalue weighted by molar-refractivity contribution is 7.89.